The van der Waals surface area contributed by atoms with Gasteiger partial charge in [-0.15, -0.1) is 0 Å². The summed E-state index contributed by atoms with van der Waals surface area (Å²) in [7, 11) is -3.25. The number of aliphatic carboxylic acids is 1. The van der Waals surface area contributed by atoms with Crippen LogP contribution in [-0.2, 0) is 11.3 Å². The van der Waals surface area contributed by atoms with Gasteiger partial charge in [0.25, 0.3) is 0 Å². The fraction of sp³-hybridized carbons (Fsp3) is 0.643. The van der Waals surface area contributed by atoms with E-state index in [-0.39, 0.29) is 13.0 Å². The molecule has 1 heterocycles. The standard InChI is InChI=1S/C14H25N5O3SSi2/c1-24(5-7-25(2,22)6-3-4-13(20)21)11-23-14-16-8-12(9-17-14)10-18-19-15/h8-9,22,24H,3-7,10-11H2,1-2H3,(H,20,21). The molecule has 0 saturated heterocycles. The average Bonchev–Trinajstić information content (AvgIpc) is 2.57. The lowest BCUT2D eigenvalue weighted by Gasteiger charge is -2.21. The first-order valence-corrected chi connectivity index (χ1v) is 14.8. The summed E-state index contributed by atoms with van der Waals surface area (Å²) < 4.78 is 0. The molecule has 0 aliphatic heterocycles. The van der Waals surface area contributed by atoms with E-state index < -0.39 is 23.1 Å². The normalized spacial score (nSPS) is 14.4. The Kier molecular flexibility index (Phi) is 9.75. The van der Waals surface area contributed by atoms with Crippen molar-refractivity contribution < 1.29 is 14.7 Å². The molecule has 2 N–H and O–H groups in total. The van der Waals surface area contributed by atoms with E-state index in [1.807, 2.05) is 6.55 Å². The Morgan fingerprint density at radius 1 is 1.44 bits per heavy atom. The van der Waals surface area contributed by atoms with Gasteiger partial charge >= 0.3 is 5.97 Å². The van der Waals surface area contributed by atoms with Crippen LogP contribution in [-0.4, -0.2) is 48.3 Å². The second kappa shape index (κ2) is 11.3. The summed E-state index contributed by atoms with van der Waals surface area (Å²) >= 11 is 1.63. The van der Waals surface area contributed by atoms with Gasteiger partial charge in [0.1, 0.15) is 0 Å². The second-order valence-corrected chi connectivity index (χ2v) is 15.2. The molecule has 8 nitrogen and oxygen atoms in total. The number of thioether (sulfide) groups is 1. The van der Waals surface area contributed by atoms with Gasteiger partial charge in [0, 0.05) is 32.5 Å². The molecule has 11 heteroatoms. The zero-order valence-electron chi connectivity index (χ0n) is 14.6. The molecule has 2 atom stereocenters. The van der Waals surface area contributed by atoms with E-state index >= 15 is 0 Å². The lowest BCUT2D eigenvalue weighted by atomic mass is 10.3. The van der Waals surface area contributed by atoms with Crippen molar-refractivity contribution in [1.82, 2.24) is 9.97 Å². The van der Waals surface area contributed by atoms with Crippen LogP contribution >= 0.6 is 11.8 Å². The number of carbonyl (C=O) groups is 1. The highest BCUT2D eigenvalue weighted by Crippen LogP contribution is 2.21. The predicted molar refractivity (Wildman–Crippen MR) is 104 cm³/mol. The minimum atomic E-state index is -2.27. The lowest BCUT2D eigenvalue weighted by molar-refractivity contribution is -0.137. The van der Waals surface area contributed by atoms with Gasteiger partial charge in [-0.1, -0.05) is 29.5 Å². The largest absolute Gasteiger partial charge is 0.481 e. The highest BCUT2D eigenvalue weighted by atomic mass is 32.2. The fourth-order valence-corrected chi connectivity index (χ4v) is 10.5. The molecular formula is C14H25N5O3SSi2. The van der Waals surface area contributed by atoms with Crippen molar-refractivity contribution in [1.29, 1.82) is 0 Å². The van der Waals surface area contributed by atoms with Crippen molar-refractivity contribution in [2.45, 2.75) is 55.8 Å². The predicted octanol–water partition coefficient (Wildman–Crippen LogP) is 3.21. The van der Waals surface area contributed by atoms with Gasteiger partial charge in [0.15, 0.2) is 13.5 Å². The molecule has 25 heavy (non-hydrogen) atoms. The quantitative estimate of drug-likeness (QED) is 0.138. The van der Waals surface area contributed by atoms with E-state index in [4.69, 9.17) is 10.6 Å². The Morgan fingerprint density at radius 3 is 2.72 bits per heavy atom. The maximum Gasteiger partial charge on any atom is 0.303 e. The van der Waals surface area contributed by atoms with Gasteiger partial charge in [-0.05, 0) is 41.5 Å². The Hall–Kier alpha value is -1.40. The number of rotatable bonds is 12. The van der Waals surface area contributed by atoms with Crippen molar-refractivity contribution in [3.05, 3.63) is 28.4 Å². The summed E-state index contributed by atoms with van der Waals surface area (Å²) in [6.07, 6.45) is 4.06. The smallest absolute Gasteiger partial charge is 0.303 e. The number of carboxylic acids is 1. The molecule has 0 saturated carbocycles. The minimum absolute atomic E-state index is 0.138. The Labute approximate surface area is 154 Å². The van der Waals surface area contributed by atoms with Crippen LogP contribution in [0.2, 0.25) is 31.2 Å². The first-order valence-electron chi connectivity index (χ1n) is 8.21. The van der Waals surface area contributed by atoms with Crippen LogP contribution in [0.5, 0.6) is 0 Å². The molecule has 0 fully saturated rings. The van der Waals surface area contributed by atoms with Crippen molar-refractivity contribution in [3.63, 3.8) is 0 Å². The van der Waals surface area contributed by atoms with E-state index in [0.717, 1.165) is 28.2 Å². The Bertz CT molecular complexity index is 597. The number of hydrogen-bond acceptors (Lipinski definition) is 6. The minimum Gasteiger partial charge on any atom is -0.481 e. The third-order valence-corrected chi connectivity index (χ3v) is 11.8. The highest BCUT2D eigenvalue weighted by molar-refractivity contribution is 8.00. The third kappa shape index (κ3) is 10.2. The van der Waals surface area contributed by atoms with E-state index in [1.54, 1.807) is 24.2 Å². The average molecular weight is 400 g/mol. The van der Waals surface area contributed by atoms with E-state index in [9.17, 15) is 9.59 Å². The number of nitrogens with zero attached hydrogens (tertiary/aromatic N) is 5. The summed E-state index contributed by atoms with van der Waals surface area (Å²) in [5.41, 5.74) is 9.07. The molecule has 2 unspecified atom stereocenters. The summed E-state index contributed by atoms with van der Waals surface area (Å²) in [6.45, 7) is 4.45. The molecule has 0 aromatic carbocycles. The monoisotopic (exact) mass is 399 g/mol. The molecule has 138 valence electrons. The van der Waals surface area contributed by atoms with Crippen molar-refractivity contribution in [2.24, 2.45) is 5.11 Å². The molecule has 0 spiro atoms. The molecule has 1 aromatic heterocycles. The first-order chi connectivity index (χ1) is 11.8. The summed E-state index contributed by atoms with van der Waals surface area (Å²) in [6, 6.07) is 2.55. The van der Waals surface area contributed by atoms with Crippen molar-refractivity contribution in [2.75, 3.05) is 5.38 Å². The van der Waals surface area contributed by atoms with Crippen LogP contribution in [0, 0.1) is 0 Å². The van der Waals surface area contributed by atoms with Crippen LogP contribution < -0.4 is 0 Å². The van der Waals surface area contributed by atoms with E-state index in [0.29, 0.717) is 12.5 Å². The Balaban J connectivity index is 2.30. The fourth-order valence-electron chi connectivity index (χ4n) is 2.22. The first kappa shape index (κ1) is 21.6. The third-order valence-electron chi connectivity index (χ3n) is 3.78. The van der Waals surface area contributed by atoms with Crippen LogP contribution in [0.1, 0.15) is 18.4 Å². The van der Waals surface area contributed by atoms with Crippen molar-refractivity contribution >= 4 is 34.8 Å². The van der Waals surface area contributed by atoms with Gasteiger partial charge in [0.05, 0.1) is 6.54 Å². The molecule has 1 aromatic rings. The molecule has 0 bridgehead atoms. The van der Waals surface area contributed by atoms with Gasteiger partial charge in [-0.2, -0.15) is 0 Å². The van der Waals surface area contributed by atoms with Gasteiger partial charge in [-0.3, -0.25) is 4.79 Å². The van der Waals surface area contributed by atoms with E-state index in [2.05, 4.69) is 26.5 Å². The number of carboxylic acid groups (broad SMARTS) is 1. The Morgan fingerprint density at radius 2 is 2.12 bits per heavy atom. The van der Waals surface area contributed by atoms with Gasteiger partial charge < -0.3 is 9.90 Å². The van der Waals surface area contributed by atoms with Crippen LogP contribution in [0.25, 0.3) is 10.4 Å². The molecular weight excluding hydrogens is 374 g/mol. The summed E-state index contributed by atoms with van der Waals surface area (Å²) in [4.78, 5) is 32.2. The maximum absolute atomic E-state index is 10.5. The van der Waals surface area contributed by atoms with Crippen LogP contribution in [0.15, 0.2) is 22.7 Å². The van der Waals surface area contributed by atoms with Crippen LogP contribution in [0.4, 0.5) is 0 Å². The number of hydrogen-bond donors (Lipinski definition) is 2. The highest BCUT2D eigenvalue weighted by Gasteiger charge is 2.25. The van der Waals surface area contributed by atoms with E-state index in [1.165, 1.54) is 0 Å². The van der Waals surface area contributed by atoms with Crippen LogP contribution in [0.3, 0.4) is 0 Å². The molecule has 1 rings (SSSR count). The van der Waals surface area contributed by atoms with Gasteiger partial charge in [0.2, 0.25) is 0 Å². The second-order valence-electron chi connectivity index (χ2n) is 6.46. The number of aromatic nitrogens is 2. The van der Waals surface area contributed by atoms with Gasteiger partial charge in [-0.25, -0.2) is 9.97 Å². The molecule has 0 aliphatic rings. The number of azide groups is 1. The zero-order chi connectivity index (χ0) is 18.7. The molecule has 0 aliphatic carbocycles. The topological polar surface area (TPSA) is 132 Å². The molecule has 0 amide bonds. The lowest BCUT2D eigenvalue weighted by Crippen LogP contribution is -2.31. The maximum atomic E-state index is 10.5. The summed E-state index contributed by atoms with van der Waals surface area (Å²) in [5.74, 6) is -0.797. The summed E-state index contributed by atoms with van der Waals surface area (Å²) in [5, 5.41) is 13.9. The zero-order valence-corrected chi connectivity index (χ0v) is 17.6. The van der Waals surface area contributed by atoms with Crippen molar-refractivity contribution in [3.8, 4) is 0 Å². The SMILES string of the molecule is C[SiH](CC[Si](C)(O)CCCC(=O)O)CSc1ncc(CN=[N+]=[N-])cn1. The molecule has 0 radical (unpaired) electrons.